The quantitative estimate of drug-likeness (QED) is 0.886. The molecule has 2 rings (SSSR count). The summed E-state index contributed by atoms with van der Waals surface area (Å²) in [4.78, 5) is 4.57. The van der Waals surface area contributed by atoms with E-state index in [9.17, 15) is 13.5 Å². The molecule has 0 spiro atoms. The molecule has 1 aromatic heterocycles. The van der Waals surface area contributed by atoms with Crippen molar-refractivity contribution < 1.29 is 13.5 Å². The van der Waals surface area contributed by atoms with Crippen molar-refractivity contribution in [1.29, 1.82) is 0 Å². The van der Waals surface area contributed by atoms with E-state index in [1.807, 2.05) is 0 Å². The second kappa shape index (κ2) is 4.26. The number of nitrogens with zero attached hydrogens (tertiary/aromatic N) is 1. The summed E-state index contributed by atoms with van der Waals surface area (Å²) < 4.78 is 26.7. The van der Waals surface area contributed by atoms with E-state index < -0.39 is 21.2 Å². The van der Waals surface area contributed by atoms with Crippen LogP contribution in [0.15, 0.2) is 10.5 Å². The van der Waals surface area contributed by atoms with Crippen molar-refractivity contribution in [3.63, 3.8) is 0 Å². The fourth-order valence-electron chi connectivity index (χ4n) is 1.80. The molecule has 18 heavy (non-hydrogen) atoms. The van der Waals surface area contributed by atoms with Gasteiger partial charge in [-0.25, -0.2) is 18.1 Å². The Kier molecular flexibility index (Phi) is 3.30. The molecule has 2 N–H and O–H groups in total. The average molecular weight is 290 g/mol. The van der Waals surface area contributed by atoms with Crippen LogP contribution in [-0.2, 0) is 15.6 Å². The summed E-state index contributed by atoms with van der Waals surface area (Å²) in [5.74, 6) is 0. The lowest BCUT2D eigenvalue weighted by atomic mass is 9.79. The minimum absolute atomic E-state index is 0.0211. The Morgan fingerprint density at radius 3 is 2.50 bits per heavy atom. The van der Waals surface area contributed by atoms with E-state index in [2.05, 4.69) is 9.71 Å². The van der Waals surface area contributed by atoms with E-state index in [1.54, 1.807) is 20.8 Å². The van der Waals surface area contributed by atoms with Crippen molar-refractivity contribution in [3.8, 4) is 0 Å². The third-order valence-corrected chi connectivity index (χ3v) is 6.13. The van der Waals surface area contributed by atoms with Crippen molar-refractivity contribution in [2.45, 2.75) is 55.5 Å². The molecule has 1 aliphatic carbocycles. The van der Waals surface area contributed by atoms with Gasteiger partial charge in [-0.15, -0.1) is 11.3 Å². The Balaban J connectivity index is 2.25. The lowest BCUT2D eigenvalue weighted by molar-refractivity contribution is -0.0356. The molecular formula is C11H18N2O3S2. The Hall–Kier alpha value is -0.500. The second-order valence-electron chi connectivity index (χ2n) is 5.73. The number of sulfonamides is 1. The van der Waals surface area contributed by atoms with Gasteiger partial charge in [-0.05, 0) is 40.0 Å². The van der Waals surface area contributed by atoms with E-state index in [0.717, 1.165) is 17.8 Å². The van der Waals surface area contributed by atoms with Gasteiger partial charge in [-0.1, -0.05) is 0 Å². The zero-order valence-electron chi connectivity index (χ0n) is 10.7. The van der Waals surface area contributed by atoms with Crippen molar-refractivity contribution in [2.24, 2.45) is 0 Å². The van der Waals surface area contributed by atoms with Crippen LogP contribution in [0.5, 0.6) is 0 Å². The van der Waals surface area contributed by atoms with Gasteiger partial charge in [-0.2, -0.15) is 0 Å². The number of aliphatic hydroxyl groups is 1. The van der Waals surface area contributed by atoms with Crippen LogP contribution in [0.3, 0.4) is 0 Å². The van der Waals surface area contributed by atoms with Crippen molar-refractivity contribution in [1.82, 2.24) is 9.71 Å². The first-order chi connectivity index (χ1) is 8.12. The van der Waals surface area contributed by atoms with Gasteiger partial charge >= 0.3 is 0 Å². The molecule has 1 saturated carbocycles. The minimum atomic E-state index is -3.60. The Bertz CT molecular complexity index is 539. The predicted octanol–water partition coefficient (Wildman–Crippen LogP) is 1.59. The Labute approximate surface area is 111 Å². The highest BCUT2D eigenvalue weighted by atomic mass is 32.2. The molecule has 0 bridgehead atoms. The van der Waals surface area contributed by atoms with Gasteiger partial charge in [0, 0.05) is 11.7 Å². The lowest BCUT2D eigenvalue weighted by Gasteiger charge is -2.35. The van der Waals surface area contributed by atoms with Crippen molar-refractivity contribution >= 4 is 21.4 Å². The van der Waals surface area contributed by atoms with Crippen LogP contribution in [0.4, 0.5) is 0 Å². The molecule has 102 valence electrons. The second-order valence-corrected chi connectivity index (χ2v) is 8.62. The van der Waals surface area contributed by atoms with E-state index in [4.69, 9.17) is 0 Å². The maximum Gasteiger partial charge on any atom is 0.268 e. The fraction of sp³-hybridized carbons (Fsp3) is 0.727. The summed E-state index contributed by atoms with van der Waals surface area (Å²) in [7, 11) is -3.60. The van der Waals surface area contributed by atoms with Gasteiger partial charge < -0.3 is 5.11 Å². The number of hydrogen-bond donors (Lipinski definition) is 2. The van der Waals surface area contributed by atoms with Crippen LogP contribution in [0.2, 0.25) is 0 Å². The van der Waals surface area contributed by atoms with Crippen LogP contribution < -0.4 is 4.72 Å². The van der Waals surface area contributed by atoms with E-state index >= 15 is 0 Å². The van der Waals surface area contributed by atoms with Gasteiger partial charge in [0.1, 0.15) is 5.60 Å². The van der Waals surface area contributed by atoms with Gasteiger partial charge in [-0.3, -0.25) is 0 Å². The van der Waals surface area contributed by atoms with Crippen molar-refractivity contribution in [2.75, 3.05) is 0 Å². The molecule has 0 aromatic carbocycles. The highest BCUT2D eigenvalue weighted by Crippen LogP contribution is 2.43. The summed E-state index contributed by atoms with van der Waals surface area (Å²) >= 11 is 1.05. The number of nitrogens with one attached hydrogen (secondary N) is 1. The molecule has 1 aromatic rings. The van der Waals surface area contributed by atoms with Crippen LogP contribution >= 0.6 is 11.3 Å². The zero-order valence-corrected chi connectivity index (χ0v) is 12.4. The number of thiazole rings is 1. The predicted molar refractivity (Wildman–Crippen MR) is 69.9 cm³/mol. The molecule has 5 nitrogen and oxygen atoms in total. The molecule has 0 unspecified atom stereocenters. The first-order valence-corrected chi connectivity index (χ1v) is 8.15. The summed E-state index contributed by atoms with van der Waals surface area (Å²) in [5.41, 5.74) is -1.40. The summed E-state index contributed by atoms with van der Waals surface area (Å²) in [6.07, 6.45) is 3.81. The largest absolute Gasteiger partial charge is 0.384 e. The lowest BCUT2D eigenvalue weighted by Crippen LogP contribution is -2.40. The van der Waals surface area contributed by atoms with Crippen LogP contribution in [0.1, 0.15) is 44.9 Å². The molecule has 0 saturated heterocycles. The monoisotopic (exact) mass is 290 g/mol. The van der Waals surface area contributed by atoms with Gasteiger partial charge in [0.15, 0.2) is 0 Å². The van der Waals surface area contributed by atoms with Gasteiger partial charge in [0.25, 0.3) is 10.0 Å². The normalized spacial score (nSPS) is 19.6. The molecule has 0 aliphatic heterocycles. The Morgan fingerprint density at radius 1 is 1.44 bits per heavy atom. The standard InChI is InChI=1S/C11H18N2O3S2/c1-10(2,3)13-18(15,16)9-12-7-8(17-9)11(14)5-4-6-11/h7,13-14H,4-6H2,1-3H3. The van der Waals surface area contributed by atoms with Crippen molar-refractivity contribution in [3.05, 3.63) is 11.1 Å². The molecule has 0 radical (unpaired) electrons. The highest BCUT2D eigenvalue weighted by Gasteiger charge is 2.39. The number of hydrogen-bond acceptors (Lipinski definition) is 5. The third-order valence-electron chi connectivity index (χ3n) is 2.79. The van der Waals surface area contributed by atoms with Gasteiger partial charge in [0.05, 0.1) is 4.88 Å². The first kappa shape index (κ1) is 13.9. The highest BCUT2D eigenvalue weighted by molar-refractivity contribution is 7.91. The molecule has 0 amide bonds. The van der Waals surface area contributed by atoms with E-state index in [-0.39, 0.29) is 4.34 Å². The third kappa shape index (κ3) is 2.74. The zero-order chi connectivity index (χ0) is 13.6. The summed E-state index contributed by atoms with van der Waals surface area (Å²) in [6, 6.07) is 0. The SMILES string of the molecule is CC(C)(C)NS(=O)(=O)c1ncc(C2(O)CCC2)s1. The molecule has 1 aliphatic rings. The molecule has 0 atom stereocenters. The molecular weight excluding hydrogens is 272 g/mol. The molecule has 7 heteroatoms. The average Bonchev–Trinajstić information content (AvgIpc) is 2.59. The number of rotatable bonds is 3. The van der Waals surface area contributed by atoms with Gasteiger partial charge in [0.2, 0.25) is 4.34 Å². The summed E-state index contributed by atoms with van der Waals surface area (Å²) in [5, 5.41) is 10.1. The van der Waals surface area contributed by atoms with E-state index in [0.29, 0.717) is 17.7 Å². The molecule has 1 heterocycles. The van der Waals surface area contributed by atoms with Crippen LogP contribution in [0, 0.1) is 0 Å². The maximum absolute atomic E-state index is 12.0. The Morgan fingerprint density at radius 2 is 2.06 bits per heavy atom. The topological polar surface area (TPSA) is 79.3 Å². The maximum atomic E-state index is 12.0. The van der Waals surface area contributed by atoms with Crippen LogP contribution in [0.25, 0.3) is 0 Å². The fourth-order valence-corrected chi connectivity index (χ4v) is 4.51. The molecule has 1 fully saturated rings. The van der Waals surface area contributed by atoms with E-state index in [1.165, 1.54) is 6.20 Å². The van der Waals surface area contributed by atoms with Crippen LogP contribution in [-0.4, -0.2) is 24.0 Å². The first-order valence-electron chi connectivity index (χ1n) is 5.85. The minimum Gasteiger partial charge on any atom is -0.384 e. The number of aromatic nitrogens is 1. The smallest absolute Gasteiger partial charge is 0.268 e. The summed E-state index contributed by atoms with van der Waals surface area (Å²) in [6.45, 7) is 5.33.